The lowest BCUT2D eigenvalue weighted by Gasteiger charge is -2.76. The Bertz CT molecular complexity index is 700. The van der Waals surface area contributed by atoms with Gasteiger partial charge < -0.3 is 8.82 Å². The molecule has 0 aromatic carbocycles. The molecule has 3 atom stereocenters. The highest BCUT2D eigenvalue weighted by Gasteiger charge is 2.73. The van der Waals surface area contributed by atoms with Crippen LogP contribution in [0.3, 0.4) is 0 Å². The summed E-state index contributed by atoms with van der Waals surface area (Å²) < 4.78 is 15.5. The van der Waals surface area contributed by atoms with Gasteiger partial charge in [0.05, 0.1) is 13.3 Å². The molecule has 1 aliphatic heterocycles. The molecule has 0 aromatic heterocycles. The van der Waals surface area contributed by atoms with Gasteiger partial charge in [-0.15, -0.1) is 0 Å². The first-order valence-electron chi connectivity index (χ1n) is 11.5. The fraction of sp³-hybridized carbons (Fsp3) is 1.00. The molecule has 1 rings (SSSR count). The third kappa shape index (κ3) is 5.11. The van der Waals surface area contributed by atoms with Gasteiger partial charge in [0.1, 0.15) is 8.24 Å². The predicted molar refractivity (Wildman–Crippen MR) is 157 cm³/mol. The van der Waals surface area contributed by atoms with E-state index in [4.69, 9.17) is 8.82 Å². The van der Waals surface area contributed by atoms with Crippen LogP contribution in [0, 0.1) is 0 Å². The lowest BCUT2D eigenvalue weighted by molar-refractivity contribution is 0.716. The Morgan fingerprint density at radius 3 is 1.17 bits per heavy atom. The zero-order valence-electron chi connectivity index (χ0n) is 23.7. The minimum Gasteiger partial charge on any atom is -0.325 e. The maximum absolute atomic E-state index is 6.17. The van der Waals surface area contributed by atoms with Crippen LogP contribution in [0.1, 0.15) is 62.3 Å². The molecule has 1 heterocycles. The summed E-state index contributed by atoms with van der Waals surface area (Å²) in [5.74, 6) is 0. The van der Waals surface area contributed by atoms with Crippen molar-refractivity contribution in [2.75, 3.05) is 0 Å². The fourth-order valence-corrected chi connectivity index (χ4v) is 72.5. The van der Waals surface area contributed by atoms with Crippen LogP contribution < -0.4 is 0 Å². The maximum atomic E-state index is 6.17. The lowest BCUT2D eigenvalue weighted by Crippen LogP contribution is -2.54. The summed E-state index contributed by atoms with van der Waals surface area (Å²) in [4.78, 5) is 0. The van der Waals surface area contributed by atoms with E-state index in [-0.39, 0.29) is 23.2 Å². The molecule has 30 heavy (non-hydrogen) atoms. The molecule has 3 unspecified atom stereocenters. The van der Waals surface area contributed by atoms with Crippen LogP contribution in [0.25, 0.3) is 0 Å². The summed E-state index contributed by atoms with van der Waals surface area (Å²) in [6.07, 6.45) is -1.73. The van der Waals surface area contributed by atoms with E-state index in [1.54, 1.807) is 0 Å². The smallest absolute Gasteiger partial charge is 0.172 e. The molecule has 1 saturated heterocycles. The molecule has 0 spiro atoms. The van der Waals surface area contributed by atoms with Crippen molar-refractivity contribution in [2.45, 2.75) is 137 Å². The minimum atomic E-state index is -1.83. The second-order valence-electron chi connectivity index (χ2n) is 14.9. The highest BCUT2D eigenvalue weighted by Crippen LogP contribution is 3.20. The van der Waals surface area contributed by atoms with Gasteiger partial charge in [0.15, 0.2) is 16.5 Å². The summed E-state index contributed by atoms with van der Waals surface area (Å²) in [5.41, 5.74) is 0. The second kappa shape index (κ2) is 8.03. The molecular weight excluding hydrogens is 471 g/mol. The van der Waals surface area contributed by atoms with Crippen LogP contribution in [0.5, 0.6) is 0 Å². The second-order valence-corrected chi connectivity index (χ2v) is 46.0. The summed E-state index contributed by atoms with van der Waals surface area (Å²) in [7, 11) is -5.29. The van der Waals surface area contributed by atoms with Crippen molar-refractivity contribution in [3.05, 3.63) is 0 Å². The molecule has 9 heteroatoms. The Morgan fingerprint density at radius 1 is 0.600 bits per heavy atom. The Balaban J connectivity index is 4.56. The molecular formula is C21H54N3P3Si3. The summed E-state index contributed by atoms with van der Waals surface area (Å²) in [5, 5.41) is 0.637. The van der Waals surface area contributed by atoms with Crippen LogP contribution in [0.2, 0.25) is 58.9 Å². The Kier molecular flexibility index (Phi) is 7.90. The predicted octanol–water partition coefficient (Wildman–Crippen LogP) is 10.7. The van der Waals surface area contributed by atoms with Crippen molar-refractivity contribution in [2.24, 2.45) is 8.82 Å². The maximum Gasteiger partial charge on any atom is 0.172 e. The van der Waals surface area contributed by atoms with E-state index in [1.807, 2.05) is 0 Å². The molecule has 180 valence electrons. The average Bonchev–Trinajstić information content (AvgIpc) is 2.31. The van der Waals surface area contributed by atoms with E-state index >= 15 is 0 Å². The number of hydrogen-bond acceptors (Lipinski definition) is 2. The van der Waals surface area contributed by atoms with E-state index < -0.39 is 38.0 Å². The van der Waals surface area contributed by atoms with Gasteiger partial charge in [-0.3, -0.25) is 4.11 Å². The van der Waals surface area contributed by atoms with Gasteiger partial charge in [-0.2, -0.15) is 0 Å². The van der Waals surface area contributed by atoms with E-state index in [0.29, 0.717) is 0 Å². The van der Waals surface area contributed by atoms with E-state index in [2.05, 4.69) is 125 Å². The minimum absolute atomic E-state index is 0.169. The molecule has 0 bridgehead atoms. The topological polar surface area (TPSA) is 28.0 Å². The zero-order chi connectivity index (χ0) is 24.6. The number of hydrogen-bond donors (Lipinski definition) is 0. The Hall–Kier alpha value is 1.50. The first-order chi connectivity index (χ1) is 12.7. The van der Waals surface area contributed by atoms with Crippen molar-refractivity contribution in [3.63, 3.8) is 0 Å². The van der Waals surface area contributed by atoms with Crippen molar-refractivity contribution in [3.8, 4) is 0 Å². The molecule has 0 aliphatic carbocycles. The average molecular weight is 526 g/mol. The van der Waals surface area contributed by atoms with Crippen molar-refractivity contribution in [1.29, 1.82) is 0 Å². The van der Waals surface area contributed by atoms with Crippen LogP contribution in [-0.2, 0) is 0 Å². The first kappa shape index (κ1) is 29.5. The van der Waals surface area contributed by atoms with E-state index in [1.165, 1.54) is 0 Å². The molecule has 0 amide bonds. The quantitative estimate of drug-likeness (QED) is 0.266. The molecule has 1 fully saturated rings. The van der Waals surface area contributed by atoms with Crippen LogP contribution in [0.15, 0.2) is 8.82 Å². The lowest BCUT2D eigenvalue weighted by atomic mass is 10.3. The fourth-order valence-electron chi connectivity index (χ4n) is 4.60. The van der Waals surface area contributed by atoms with Gasteiger partial charge in [-0.25, -0.2) is 0 Å². The summed E-state index contributed by atoms with van der Waals surface area (Å²) in [6, 6.07) is 0. The normalized spacial score (nSPS) is 30.1. The highest BCUT2D eigenvalue weighted by atomic mass is 32.5. The summed E-state index contributed by atoms with van der Waals surface area (Å²) >= 11 is 0. The van der Waals surface area contributed by atoms with Crippen LogP contribution in [0.4, 0.5) is 0 Å². The Labute approximate surface area is 195 Å². The standard InChI is InChI=1S/C21H54N3P3Si3/c1-19(2,3)25-24(30(16,17)18)26(20(4,5)6,22-28(10,11)12)27(25,21(7,8)9)23-29(13,14)15/h1-18H3. The number of rotatable bonds is 3. The third-order valence-corrected chi connectivity index (χ3v) is 46.8. The van der Waals surface area contributed by atoms with E-state index in [0.717, 1.165) is 0 Å². The van der Waals surface area contributed by atoms with E-state index in [9.17, 15) is 0 Å². The van der Waals surface area contributed by atoms with Gasteiger partial charge >= 0.3 is 0 Å². The van der Waals surface area contributed by atoms with Crippen LogP contribution in [-0.4, -0.2) is 44.3 Å². The first-order valence-corrected chi connectivity index (χ1v) is 28.0. The van der Waals surface area contributed by atoms with Crippen LogP contribution >= 0.6 is 21.1 Å². The largest absolute Gasteiger partial charge is 0.325 e. The molecule has 0 N–H and O–H groups in total. The molecule has 0 saturated carbocycles. The Morgan fingerprint density at radius 2 is 0.967 bits per heavy atom. The SMILES string of the molecule is CC(C)(C)P1N([Si](C)(C)C)P(=N[Si](C)(C)C)(C(C)(C)C)P1(=N[Si](C)(C)C)C(C)(C)C. The molecule has 1 aliphatic rings. The monoisotopic (exact) mass is 525 g/mol. The molecule has 0 radical (unpaired) electrons. The molecule has 0 aromatic rings. The van der Waals surface area contributed by atoms with Gasteiger partial charge in [0, 0.05) is 23.2 Å². The van der Waals surface area contributed by atoms with Gasteiger partial charge in [0.2, 0.25) is 0 Å². The number of nitrogens with zero attached hydrogens (tertiary/aromatic N) is 3. The van der Waals surface area contributed by atoms with Gasteiger partial charge in [-0.05, 0) is 0 Å². The van der Waals surface area contributed by atoms with Gasteiger partial charge in [0.25, 0.3) is 0 Å². The van der Waals surface area contributed by atoms with Crippen molar-refractivity contribution >= 4 is 45.8 Å². The molecule has 3 nitrogen and oxygen atoms in total. The highest BCUT2D eigenvalue weighted by molar-refractivity contribution is 8.74. The zero-order valence-corrected chi connectivity index (χ0v) is 29.4. The summed E-state index contributed by atoms with van der Waals surface area (Å²) in [6.45, 7) is 43.4. The van der Waals surface area contributed by atoms with Gasteiger partial charge in [-0.1, -0.05) is 121 Å². The van der Waals surface area contributed by atoms with Crippen molar-refractivity contribution in [1.82, 2.24) is 4.11 Å². The third-order valence-electron chi connectivity index (χ3n) is 4.98. The van der Waals surface area contributed by atoms with Crippen molar-refractivity contribution < 1.29 is 0 Å².